The van der Waals surface area contributed by atoms with Crippen LogP contribution in [0.2, 0.25) is 0 Å². The first-order chi connectivity index (χ1) is 20.0. The molecule has 230 valence electrons. The number of benzene rings is 3. The van der Waals surface area contributed by atoms with Gasteiger partial charge in [-0.25, -0.2) is 4.79 Å². The lowest BCUT2D eigenvalue weighted by Gasteiger charge is -2.42. The molecule has 2 aliphatic carbocycles. The molecule has 0 fully saturated rings. The molecule has 0 N–H and O–H groups in total. The molecule has 0 bridgehead atoms. The molecule has 0 unspecified atom stereocenters. The first-order valence-corrected chi connectivity index (χ1v) is 16.7. The van der Waals surface area contributed by atoms with Gasteiger partial charge in [0.15, 0.2) is 5.78 Å². The van der Waals surface area contributed by atoms with Gasteiger partial charge in [0.2, 0.25) is 0 Å². The van der Waals surface area contributed by atoms with E-state index in [0.29, 0.717) is 28.4 Å². The van der Waals surface area contributed by atoms with Crippen molar-refractivity contribution in [1.29, 1.82) is 0 Å². The molecule has 0 radical (unpaired) electrons. The zero-order chi connectivity index (χ0) is 31.8. The van der Waals surface area contributed by atoms with Crippen LogP contribution in [-0.2, 0) is 38.1 Å². The van der Waals surface area contributed by atoms with Gasteiger partial charge in [-0.05, 0) is 92.9 Å². The van der Waals surface area contributed by atoms with Crippen molar-refractivity contribution in [2.75, 3.05) is 7.11 Å². The predicted molar refractivity (Wildman–Crippen MR) is 182 cm³/mol. The van der Waals surface area contributed by atoms with Crippen LogP contribution in [0.4, 0.5) is 0 Å². The molecule has 0 saturated heterocycles. The molecule has 0 aromatic heterocycles. The second-order valence-corrected chi connectivity index (χ2v) is 15.7. The fourth-order valence-electron chi connectivity index (χ4n) is 6.66. The molecule has 3 aromatic carbocycles. The van der Waals surface area contributed by atoms with Gasteiger partial charge in [-0.15, -0.1) is 0 Å². The van der Waals surface area contributed by atoms with Crippen molar-refractivity contribution in [2.24, 2.45) is 0 Å². The lowest BCUT2D eigenvalue weighted by Crippen LogP contribution is -2.33. The van der Waals surface area contributed by atoms with E-state index in [-0.39, 0.29) is 16.6 Å². The minimum Gasteiger partial charge on any atom is -0.465 e. The number of esters is 1. The smallest absolute Gasteiger partial charge is 0.337 e. The highest BCUT2D eigenvalue weighted by Gasteiger charge is 2.38. The first-order valence-electron chi connectivity index (χ1n) is 15.6. The van der Waals surface area contributed by atoms with Crippen LogP contribution in [0.1, 0.15) is 135 Å². The van der Waals surface area contributed by atoms with E-state index in [2.05, 4.69) is 108 Å². The van der Waals surface area contributed by atoms with Crippen LogP contribution < -0.4 is 0 Å². The van der Waals surface area contributed by atoms with Crippen LogP contribution in [0.3, 0.4) is 0 Å². The maximum Gasteiger partial charge on any atom is 0.337 e. The summed E-state index contributed by atoms with van der Waals surface area (Å²) in [6.07, 6.45) is 5.28. The monoisotopic (exact) mass is 644 g/mol. The number of hydrogen-bond acceptors (Lipinski definition) is 3. The molecule has 3 nitrogen and oxygen atoms in total. The maximum atomic E-state index is 12.7. The number of halogens is 1. The Hall–Kier alpha value is -2.72. The highest BCUT2D eigenvalue weighted by molar-refractivity contribution is 9.08. The number of carbonyl (C=O) groups excluding carboxylic acids is 2. The van der Waals surface area contributed by atoms with Crippen LogP contribution in [0, 0.1) is 0 Å². The Kier molecular flexibility index (Phi) is 9.53. The summed E-state index contributed by atoms with van der Waals surface area (Å²) < 4.78 is 4.70. The Morgan fingerprint density at radius 2 is 1.00 bits per heavy atom. The molecule has 3 aromatic rings. The summed E-state index contributed by atoms with van der Waals surface area (Å²) in [5.74, 6) is -0.340. The highest BCUT2D eigenvalue weighted by atomic mass is 79.9. The van der Waals surface area contributed by atoms with E-state index in [0.717, 1.165) is 17.3 Å². The van der Waals surface area contributed by atoms with Crippen molar-refractivity contribution >= 4 is 27.7 Å². The lowest BCUT2D eigenvalue weighted by atomic mass is 9.63. The molecule has 5 rings (SSSR count). The van der Waals surface area contributed by atoms with Crippen LogP contribution in [0.15, 0.2) is 60.7 Å². The summed E-state index contributed by atoms with van der Waals surface area (Å²) in [6.45, 7) is 18.7. The van der Waals surface area contributed by atoms with Crippen molar-refractivity contribution in [3.8, 4) is 0 Å². The Labute approximate surface area is 268 Å². The topological polar surface area (TPSA) is 43.4 Å². The number of hydrogen-bond donors (Lipinski definition) is 0. The number of ketones is 1. The third kappa shape index (κ3) is 7.17. The van der Waals surface area contributed by atoms with Crippen molar-refractivity contribution in [1.82, 2.24) is 0 Å². The van der Waals surface area contributed by atoms with Gasteiger partial charge in [-0.1, -0.05) is 120 Å². The summed E-state index contributed by atoms with van der Waals surface area (Å²) in [7, 11) is 1.35. The Balaban J connectivity index is 0.000000225. The summed E-state index contributed by atoms with van der Waals surface area (Å²) in [5.41, 5.74) is 10.4. The second kappa shape index (κ2) is 12.3. The van der Waals surface area contributed by atoms with E-state index in [9.17, 15) is 9.59 Å². The number of ether oxygens (including phenoxy) is 1. The number of Topliss-reactive ketones (excluding diaryl/α,β-unsaturated/α-hetero) is 1. The molecule has 0 atom stereocenters. The van der Waals surface area contributed by atoms with Gasteiger partial charge >= 0.3 is 5.97 Å². The summed E-state index contributed by atoms with van der Waals surface area (Å²) in [4.78, 5) is 24.2. The first kappa shape index (κ1) is 33.2. The van der Waals surface area contributed by atoms with E-state index >= 15 is 0 Å². The second-order valence-electron chi connectivity index (χ2n) is 15.1. The average Bonchev–Trinajstić information content (AvgIpc) is 2.97. The van der Waals surface area contributed by atoms with Crippen LogP contribution in [0.25, 0.3) is 0 Å². The van der Waals surface area contributed by atoms with Gasteiger partial charge in [0.25, 0.3) is 0 Å². The number of alkyl halides is 1. The number of carbonyl (C=O) groups is 2. The predicted octanol–water partition coefficient (Wildman–Crippen LogP) is 10.2. The fourth-order valence-corrected chi connectivity index (χ4v) is 7.01. The minimum atomic E-state index is -0.395. The van der Waals surface area contributed by atoms with Gasteiger partial charge < -0.3 is 4.74 Å². The molecule has 2 aliphatic rings. The maximum absolute atomic E-state index is 12.7. The Morgan fingerprint density at radius 3 is 1.44 bits per heavy atom. The van der Waals surface area contributed by atoms with Crippen molar-refractivity contribution in [2.45, 2.75) is 114 Å². The van der Waals surface area contributed by atoms with Crippen LogP contribution in [-0.4, -0.2) is 18.9 Å². The van der Waals surface area contributed by atoms with E-state index in [1.54, 1.807) is 35.4 Å². The average molecular weight is 646 g/mol. The van der Waals surface area contributed by atoms with Crippen molar-refractivity contribution in [3.63, 3.8) is 0 Å². The zero-order valence-electron chi connectivity index (χ0n) is 27.6. The summed E-state index contributed by atoms with van der Waals surface area (Å²) in [5, 5.41) is 0.955. The normalized spacial score (nSPS) is 18.7. The van der Waals surface area contributed by atoms with Crippen LogP contribution >= 0.6 is 15.9 Å². The number of rotatable bonds is 5. The van der Waals surface area contributed by atoms with Gasteiger partial charge in [0.1, 0.15) is 0 Å². The number of fused-ring (bicyclic) bond motifs is 2. The third-order valence-corrected chi connectivity index (χ3v) is 10.6. The molecule has 0 amide bonds. The Morgan fingerprint density at radius 1 is 0.605 bits per heavy atom. The molecule has 0 heterocycles. The van der Waals surface area contributed by atoms with Crippen LogP contribution in [0.5, 0.6) is 0 Å². The zero-order valence-corrected chi connectivity index (χ0v) is 29.2. The molecule has 0 saturated carbocycles. The van der Waals surface area contributed by atoms with Gasteiger partial charge in [-0.2, -0.15) is 0 Å². The van der Waals surface area contributed by atoms with E-state index in [1.165, 1.54) is 43.1 Å². The SMILES string of the molecule is CC1(C)CCC(C)(C)c2cc(CBr)ccc21.COC(=O)c1ccc(C(=O)Cc2ccc3c(c2)C(C)(C)CCC3(C)C)cc1. The standard InChI is InChI=1S/C24H28O3.C15H21Br/c1-23(2)12-13-24(3,4)20-14-16(6-11-19(20)23)15-21(25)17-7-9-18(10-8-17)22(26)27-5;1-14(2)7-8-15(3,4)13-9-11(10-16)5-6-12(13)14/h6-11,14H,12-13,15H2,1-5H3;5-6,9H,7-8,10H2,1-4H3. The molecular formula is C39H49BrO3. The largest absolute Gasteiger partial charge is 0.465 e. The third-order valence-electron chi connectivity index (χ3n) is 9.98. The van der Waals surface area contributed by atoms with Crippen molar-refractivity contribution in [3.05, 3.63) is 105 Å². The van der Waals surface area contributed by atoms with E-state index in [4.69, 9.17) is 4.74 Å². The molecule has 4 heteroatoms. The fraction of sp³-hybridized carbons (Fsp3) is 0.487. The molecular weight excluding hydrogens is 596 g/mol. The summed E-state index contributed by atoms with van der Waals surface area (Å²) in [6, 6.07) is 20.2. The molecule has 0 aliphatic heterocycles. The minimum absolute atomic E-state index is 0.0549. The summed E-state index contributed by atoms with van der Waals surface area (Å²) >= 11 is 3.55. The van der Waals surface area contributed by atoms with Gasteiger partial charge in [-0.3, -0.25) is 4.79 Å². The van der Waals surface area contributed by atoms with Gasteiger partial charge in [0, 0.05) is 17.3 Å². The van der Waals surface area contributed by atoms with E-state index in [1.807, 2.05) is 0 Å². The molecule has 0 spiro atoms. The quantitative estimate of drug-likeness (QED) is 0.158. The van der Waals surface area contributed by atoms with Gasteiger partial charge in [0.05, 0.1) is 12.7 Å². The molecule has 43 heavy (non-hydrogen) atoms. The number of methoxy groups -OCH3 is 1. The Bertz CT molecular complexity index is 1490. The van der Waals surface area contributed by atoms with E-state index < -0.39 is 5.97 Å². The highest BCUT2D eigenvalue weighted by Crippen LogP contribution is 2.47. The van der Waals surface area contributed by atoms with Crippen molar-refractivity contribution < 1.29 is 14.3 Å². The lowest BCUT2D eigenvalue weighted by molar-refractivity contribution is 0.0600.